The molecule has 1 aromatic heterocycles. The lowest BCUT2D eigenvalue weighted by molar-refractivity contribution is 0.0692. The number of benzene rings is 2. The molecule has 21 heavy (non-hydrogen) atoms. The fourth-order valence-corrected chi connectivity index (χ4v) is 2.94. The van der Waals surface area contributed by atoms with Crippen molar-refractivity contribution >= 4 is 16.9 Å². The molecule has 0 amide bonds. The van der Waals surface area contributed by atoms with Gasteiger partial charge >= 0.3 is 5.97 Å². The van der Waals surface area contributed by atoms with Crippen LogP contribution in [0.2, 0.25) is 0 Å². The number of hydrogen-bond donors (Lipinski definition) is 2. The number of carboxylic acids is 1. The summed E-state index contributed by atoms with van der Waals surface area (Å²) in [6, 6.07) is 12.1. The van der Waals surface area contributed by atoms with E-state index >= 15 is 0 Å². The summed E-state index contributed by atoms with van der Waals surface area (Å²) in [6.07, 6.45) is 0. The smallest absolute Gasteiger partial charge is 0.352 e. The zero-order chi connectivity index (χ0) is 15.1. The van der Waals surface area contributed by atoms with Crippen LogP contribution < -0.4 is 0 Å². The van der Waals surface area contributed by atoms with Crippen LogP contribution >= 0.6 is 0 Å². The Morgan fingerprint density at radius 1 is 1.05 bits per heavy atom. The maximum absolute atomic E-state index is 11.6. The van der Waals surface area contributed by atoms with Gasteiger partial charge in [-0.05, 0) is 31.9 Å². The van der Waals surface area contributed by atoms with Crippen molar-refractivity contribution in [2.24, 2.45) is 0 Å². The third kappa shape index (κ3) is 2.21. The molecule has 1 heterocycles. The highest BCUT2D eigenvalue weighted by atomic mass is 16.4. The second-order valence-corrected chi connectivity index (χ2v) is 5.55. The molecule has 0 spiro atoms. The van der Waals surface area contributed by atoms with Gasteiger partial charge in [-0.15, -0.1) is 0 Å². The molecule has 0 aliphatic heterocycles. The number of carboxylic acid groups (broad SMARTS) is 1. The molecule has 3 aromatic rings. The Labute approximate surface area is 123 Å². The second kappa shape index (κ2) is 4.77. The first-order valence-electron chi connectivity index (χ1n) is 6.90. The molecule has 0 saturated heterocycles. The van der Waals surface area contributed by atoms with Gasteiger partial charge in [-0.25, -0.2) is 4.79 Å². The van der Waals surface area contributed by atoms with Crippen LogP contribution in [-0.4, -0.2) is 16.1 Å². The zero-order valence-electron chi connectivity index (χ0n) is 12.3. The van der Waals surface area contributed by atoms with Crippen molar-refractivity contribution < 1.29 is 9.90 Å². The molecule has 3 heteroatoms. The Morgan fingerprint density at radius 3 is 2.33 bits per heavy atom. The Morgan fingerprint density at radius 2 is 1.71 bits per heavy atom. The van der Waals surface area contributed by atoms with Crippen molar-refractivity contribution in [3.8, 4) is 11.1 Å². The average Bonchev–Trinajstić information content (AvgIpc) is 2.78. The number of aromatic carboxylic acids is 1. The standard InChI is InChI=1S/C18H17NO2/c1-10-7-11(2)9-13(8-10)15-14-6-4-5-12(3)16(14)19-17(15)18(20)21/h4-9,19H,1-3H3,(H,20,21). The molecule has 0 bridgehead atoms. The number of aromatic amines is 1. The number of aromatic nitrogens is 1. The molecule has 2 N–H and O–H groups in total. The first-order valence-corrected chi connectivity index (χ1v) is 6.90. The SMILES string of the molecule is Cc1cc(C)cc(-c2c(C(=O)O)[nH]c3c(C)cccc23)c1. The third-order valence-electron chi connectivity index (χ3n) is 3.77. The number of hydrogen-bond acceptors (Lipinski definition) is 1. The maximum Gasteiger partial charge on any atom is 0.352 e. The Hall–Kier alpha value is -2.55. The molecular formula is C18H17NO2. The average molecular weight is 279 g/mol. The van der Waals surface area contributed by atoms with E-state index in [-0.39, 0.29) is 5.69 Å². The van der Waals surface area contributed by atoms with Crippen LogP contribution in [-0.2, 0) is 0 Å². The van der Waals surface area contributed by atoms with Crippen molar-refractivity contribution in [2.75, 3.05) is 0 Å². The number of para-hydroxylation sites is 1. The highest BCUT2D eigenvalue weighted by Gasteiger charge is 2.19. The van der Waals surface area contributed by atoms with Crippen molar-refractivity contribution in [1.82, 2.24) is 4.98 Å². The summed E-state index contributed by atoms with van der Waals surface area (Å²) in [5.74, 6) is -0.931. The van der Waals surface area contributed by atoms with Gasteiger partial charge < -0.3 is 10.1 Å². The molecule has 0 atom stereocenters. The fourth-order valence-electron chi connectivity index (χ4n) is 2.94. The first-order chi connectivity index (χ1) is 9.97. The minimum atomic E-state index is -0.931. The number of H-pyrrole nitrogens is 1. The van der Waals surface area contributed by atoms with E-state index in [9.17, 15) is 9.90 Å². The number of carbonyl (C=O) groups is 1. The predicted molar refractivity (Wildman–Crippen MR) is 84.9 cm³/mol. The van der Waals surface area contributed by atoms with Gasteiger partial charge in [-0.3, -0.25) is 0 Å². The summed E-state index contributed by atoms with van der Waals surface area (Å²) < 4.78 is 0. The van der Waals surface area contributed by atoms with Gasteiger partial charge in [0.1, 0.15) is 5.69 Å². The summed E-state index contributed by atoms with van der Waals surface area (Å²) in [5.41, 5.74) is 6.17. The predicted octanol–water partition coefficient (Wildman–Crippen LogP) is 4.46. The molecule has 3 nitrogen and oxygen atoms in total. The maximum atomic E-state index is 11.6. The van der Waals surface area contributed by atoms with Gasteiger partial charge in [0.05, 0.1) is 0 Å². The van der Waals surface area contributed by atoms with E-state index in [0.717, 1.165) is 38.7 Å². The third-order valence-corrected chi connectivity index (χ3v) is 3.77. The molecule has 0 aliphatic rings. The van der Waals surface area contributed by atoms with Crippen molar-refractivity contribution in [1.29, 1.82) is 0 Å². The summed E-state index contributed by atoms with van der Waals surface area (Å²) in [4.78, 5) is 14.7. The lowest BCUT2D eigenvalue weighted by atomic mass is 9.97. The van der Waals surface area contributed by atoms with Gasteiger partial charge in [0.25, 0.3) is 0 Å². The van der Waals surface area contributed by atoms with Crippen LogP contribution in [0, 0.1) is 20.8 Å². The van der Waals surface area contributed by atoms with Crippen molar-refractivity contribution in [3.63, 3.8) is 0 Å². The minimum Gasteiger partial charge on any atom is -0.477 e. The molecule has 2 aromatic carbocycles. The van der Waals surface area contributed by atoms with Gasteiger partial charge in [-0.1, -0.05) is 47.5 Å². The van der Waals surface area contributed by atoms with E-state index in [4.69, 9.17) is 0 Å². The molecule has 0 aliphatic carbocycles. The number of rotatable bonds is 2. The Balaban J connectivity index is 2.42. The van der Waals surface area contributed by atoms with Gasteiger partial charge in [0.15, 0.2) is 0 Å². The highest BCUT2D eigenvalue weighted by molar-refractivity contribution is 6.08. The summed E-state index contributed by atoms with van der Waals surface area (Å²) >= 11 is 0. The number of aryl methyl sites for hydroxylation is 3. The summed E-state index contributed by atoms with van der Waals surface area (Å²) in [7, 11) is 0. The number of nitrogens with one attached hydrogen (secondary N) is 1. The zero-order valence-corrected chi connectivity index (χ0v) is 12.3. The summed E-state index contributed by atoms with van der Waals surface area (Å²) in [6.45, 7) is 6.03. The summed E-state index contributed by atoms with van der Waals surface area (Å²) in [5, 5.41) is 10.5. The molecule has 0 radical (unpaired) electrons. The Kier molecular flexibility index (Phi) is 3.05. The van der Waals surface area contributed by atoms with E-state index in [1.165, 1.54) is 0 Å². The van der Waals surface area contributed by atoms with Crippen LogP contribution in [0.4, 0.5) is 0 Å². The molecule has 0 saturated carbocycles. The van der Waals surface area contributed by atoms with E-state index in [1.807, 2.05) is 51.1 Å². The van der Waals surface area contributed by atoms with Crippen molar-refractivity contribution in [2.45, 2.75) is 20.8 Å². The highest BCUT2D eigenvalue weighted by Crippen LogP contribution is 2.34. The van der Waals surface area contributed by atoms with E-state index in [0.29, 0.717) is 0 Å². The Bertz CT molecular complexity index is 839. The normalized spacial score (nSPS) is 11.0. The largest absolute Gasteiger partial charge is 0.477 e. The first kappa shape index (κ1) is 13.4. The van der Waals surface area contributed by atoms with E-state index < -0.39 is 5.97 Å². The topological polar surface area (TPSA) is 53.1 Å². The van der Waals surface area contributed by atoms with Crippen molar-refractivity contribution in [3.05, 3.63) is 58.8 Å². The van der Waals surface area contributed by atoms with Gasteiger partial charge in [0, 0.05) is 16.5 Å². The molecule has 0 unspecified atom stereocenters. The van der Waals surface area contributed by atoms with Gasteiger partial charge in [0.2, 0.25) is 0 Å². The lowest BCUT2D eigenvalue weighted by Gasteiger charge is -2.06. The van der Waals surface area contributed by atoms with Crippen LogP contribution in [0.25, 0.3) is 22.0 Å². The fraction of sp³-hybridized carbons (Fsp3) is 0.167. The van der Waals surface area contributed by atoms with Crippen LogP contribution in [0.15, 0.2) is 36.4 Å². The quantitative estimate of drug-likeness (QED) is 0.727. The van der Waals surface area contributed by atoms with E-state index in [1.54, 1.807) is 0 Å². The second-order valence-electron chi connectivity index (χ2n) is 5.55. The molecule has 106 valence electrons. The van der Waals surface area contributed by atoms with E-state index in [2.05, 4.69) is 11.1 Å². The number of fused-ring (bicyclic) bond motifs is 1. The molecular weight excluding hydrogens is 262 g/mol. The van der Waals surface area contributed by atoms with Crippen LogP contribution in [0.5, 0.6) is 0 Å². The molecule has 0 fully saturated rings. The van der Waals surface area contributed by atoms with Crippen LogP contribution in [0.3, 0.4) is 0 Å². The monoisotopic (exact) mass is 279 g/mol. The lowest BCUT2D eigenvalue weighted by Crippen LogP contribution is -1.99. The van der Waals surface area contributed by atoms with Crippen LogP contribution in [0.1, 0.15) is 27.2 Å². The van der Waals surface area contributed by atoms with Gasteiger partial charge in [-0.2, -0.15) is 0 Å². The minimum absolute atomic E-state index is 0.254. The molecule has 3 rings (SSSR count).